The number of hydrogen-bond donors (Lipinski definition) is 2. The van der Waals surface area contributed by atoms with Crippen LogP contribution in [0.15, 0.2) is 55.2 Å². The average molecular weight is 392 g/mol. The van der Waals surface area contributed by atoms with Gasteiger partial charge in [-0.25, -0.2) is 24.2 Å². The second-order valence-electron chi connectivity index (χ2n) is 6.80. The molecule has 1 aromatic carbocycles. The van der Waals surface area contributed by atoms with Gasteiger partial charge < -0.3 is 15.3 Å². The van der Waals surface area contributed by atoms with Gasteiger partial charge in [0.2, 0.25) is 0 Å². The minimum Gasteiger partial charge on any atom is -0.478 e. The number of aromatic nitrogens is 4. The molecule has 0 spiro atoms. The van der Waals surface area contributed by atoms with Gasteiger partial charge in [0.15, 0.2) is 5.82 Å². The van der Waals surface area contributed by atoms with Gasteiger partial charge in [-0.1, -0.05) is 18.2 Å². The number of urea groups is 1. The fraction of sp³-hybridized carbons (Fsp3) is 0.250. The van der Waals surface area contributed by atoms with Gasteiger partial charge in [-0.15, -0.1) is 0 Å². The lowest BCUT2D eigenvalue weighted by molar-refractivity contribution is 0.0694. The number of nitrogens with zero attached hydrogens (tertiary/aromatic N) is 5. The van der Waals surface area contributed by atoms with Crippen LogP contribution in [0.4, 0.5) is 10.5 Å². The summed E-state index contributed by atoms with van der Waals surface area (Å²) in [5.74, 6) is -0.308. The number of aromatic carboxylic acids is 1. The molecule has 0 radical (unpaired) electrons. The number of anilines is 1. The molecule has 1 saturated heterocycles. The normalized spacial score (nSPS) is 14.6. The number of carbonyl (C=O) groups is 2. The number of amides is 2. The Bertz CT molecular complexity index is 1010. The summed E-state index contributed by atoms with van der Waals surface area (Å²) >= 11 is 0. The fourth-order valence-electron chi connectivity index (χ4n) is 3.63. The van der Waals surface area contributed by atoms with E-state index in [0.717, 1.165) is 5.56 Å². The van der Waals surface area contributed by atoms with E-state index in [-0.39, 0.29) is 11.9 Å². The largest absolute Gasteiger partial charge is 0.478 e. The first-order valence-corrected chi connectivity index (χ1v) is 9.31. The molecule has 1 aliphatic rings. The van der Waals surface area contributed by atoms with E-state index in [4.69, 9.17) is 0 Å². The van der Waals surface area contributed by atoms with Gasteiger partial charge in [0.25, 0.3) is 0 Å². The van der Waals surface area contributed by atoms with Gasteiger partial charge >= 0.3 is 12.0 Å². The standard InChI is InChI=1S/C20H20N6O3/c27-19(28)16-5-2-1-4-15(16)14-7-10-25(11-8-14)20(29)24-17-6-3-9-22-18(17)26-13-21-12-23-26/h1-6,9,12-14H,7-8,10-11H2,(H,24,29)(H,27,28). The van der Waals surface area contributed by atoms with Crippen LogP contribution in [0.5, 0.6) is 0 Å². The van der Waals surface area contributed by atoms with Gasteiger partial charge in [0.05, 0.1) is 11.3 Å². The lowest BCUT2D eigenvalue weighted by atomic mass is 9.86. The molecule has 9 nitrogen and oxygen atoms in total. The van der Waals surface area contributed by atoms with E-state index in [9.17, 15) is 14.7 Å². The Morgan fingerprint density at radius 2 is 1.90 bits per heavy atom. The van der Waals surface area contributed by atoms with Crippen molar-refractivity contribution in [1.82, 2.24) is 24.6 Å². The molecular weight excluding hydrogens is 372 g/mol. The first-order chi connectivity index (χ1) is 14.1. The molecule has 3 aromatic rings. The maximum Gasteiger partial charge on any atom is 0.335 e. The third kappa shape index (κ3) is 3.93. The van der Waals surface area contributed by atoms with Crippen LogP contribution in [0.25, 0.3) is 5.82 Å². The highest BCUT2D eigenvalue weighted by atomic mass is 16.4. The summed E-state index contributed by atoms with van der Waals surface area (Å²) in [4.78, 5) is 34.1. The first kappa shape index (κ1) is 18.6. The van der Waals surface area contributed by atoms with E-state index >= 15 is 0 Å². The number of benzene rings is 1. The Morgan fingerprint density at radius 1 is 1.10 bits per heavy atom. The molecule has 148 valence electrons. The average Bonchev–Trinajstić information content (AvgIpc) is 3.29. The molecule has 4 rings (SSSR count). The molecule has 2 aromatic heterocycles. The van der Waals surface area contributed by atoms with Crippen LogP contribution < -0.4 is 5.32 Å². The molecule has 1 aliphatic heterocycles. The Kier molecular flexibility index (Phi) is 5.19. The number of carboxylic acids is 1. The first-order valence-electron chi connectivity index (χ1n) is 9.31. The topological polar surface area (TPSA) is 113 Å². The smallest absolute Gasteiger partial charge is 0.335 e. The molecule has 29 heavy (non-hydrogen) atoms. The fourth-order valence-corrected chi connectivity index (χ4v) is 3.63. The maximum atomic E-state index is 12.8. The number of pyridine rings is 1. The molecule has 0 bridgehead atoms. The number of nitrogens with one attached hydrogen (secondary N) is 1. The summed E-state index contributed by atoms with van der Waals surface area (Å²) in [6.07, 6.45) is 5.96. The Balaban J connectivity index is 1.43. The van der Waals surface area contributed by atoms with Gasteiger partial charge in [-0.2, -0.15) is 5.10 Å². The van der Waals surface area contributed by atoms with Crippen LogP contribution in [0.3, 0.4) is 0 Å². The third-order valence-electron chi connectivity index (χ3n) is 5.08. The zero-order valence-corrected chi connectivity index (χ0v) is 15.6. The number of hydrogen-bond acceptors (Lipinski definition) is 5. The molecule has 1 fully saturated rings. The maximum absolute atomic E-state index is 12.8. The van der Waals surface area contributed by atoms with Crippen molar-refractivity contribution in [3.63, 3.8) is 0 Å². The van der Waals surface area contributed by atoms with E-state index in [1.165, 1.54) is 17.3 Å². The summed E-state index contributed by atoms with van der Waals surface area (Å²) in [5.41, 5.74) is 1.71. The van der Waals surface area contributed by atoms with Crippen molar-refractivity contribution in [3.8, 4) is 5.82 Å². The van der Waals surface area contributed by atoms with Gasteiger partial charge in [-0.3, -0.25) is 0 Å². The molecule has 2 N–H and O–H groups in total. The molecule has 2 amide bonds. The SMILES string of the molecule is O=C(O)c1ccccc1C1CCN(C(=O)Nc2cccnc2-n2cncn2)CC1. The van der Waals surface area contributed by atoms with Crippen molar-refractivity contribution in [2.24, 2.45) is 0 Å². The number of rotatable bonds is 4. The van der Waals surface area contributed by atoms with Gasteiger partial charge in [-0.05, 0) is 42.5 Å². The highest BCUT2D eigenvalue weighted by Crippen LogP contribution is 2.31. The Morgan fingerprint density at radius 3 is 2.62 bits per heavy atom. The summed E-state index contributed by atoms with van der Waals surface area (Å²) in [6.45, 7) is 1.09. The zero-order valence-electron chi connectivity index (χ0n) is 15.6. The van der Waals surface area contributed by atoms with Crippen molar-refractivity contribution in [1.29, 1.82) is 0 Å². The summed E-state index contributed by atoms with van der Waals surface area (Å²) < 4.78 is 1.49. The third-order valence-corrected chi connectivity index (χ3v) is 5.08. The quantitative estimate of drug-likeness (QED) is 0.706. The molecule has 0 aliphatic carbocycles. The molecule has 9 heteroatoms. The molecule has 3 heterocycles. The second kappa shape index (κ2) is 8.09. The number of piperidine rings is 1. The minimum atomic E-state index is -0.919. The van der Waals surface area contributed by atoms with Crippen LogP contribution in [0, 0.1) is 0 Å². The van der Waals surface area contributed by atoms with Crippen molar-refractivity contribution in [2.45, 2.75) is 18.8 Å². The lowest BCUT2D eigenvalue weighted by Gasteiger charge is -2.32. The van der Waals surface area contributed by atoms with E-state index in [1.54, 1.807) is 35.4 Å². The van der Waals surface area contributed by atoms with Gasteiger partial charge in [0, 0.05) is 19.3 Å². The van der Waals surface area contributed by atoms with E-state index < -0.39 is 5.97 Å². The van der Waals surface area contributed by atoms with E-state index in [0.29, 0.717) is 43.0 Å². The summed E-state index contributed by atoms with van der Waals surface area (Å²) in [6, 6.07) is 10.4. The van der Waals surface area contributed by atoms with Crippen LogP contribution in [-0.4, -0.2) is 54.8 Å². The lowest BCUT2D eigenvalue weighted by Crippen LogP contribution is -2.41. The van der Waals surface area contributed by atoms with Gasteiger partial charge in [0.1, 0.15) is 12.7 Å². The van der Waals surface area contributed by atoms with Crippen LogP contribution >= 0.6 is 0 Å². The number of carboxylic acid groups (broad SMARTS) is 1. The predicted octanol–water partition coefficient (Wildman–Crippen LogP) is 2.77. The van der Waals surface area contributed by atoms with Crippen molar-refractivity contribution >= 4 is 17.7 Å². The number of carbonyl (C=O) groups excluding carboxylic acids is 1. The summed E-state index contributed by atoms with van der Waals surface area (Å²) in [5, 5.41) is 16.4. The molecular formula is C20H20N6O3. The van der Waals surface area contributed by atoms with Crippen LogP contribution in [-0.2, 0) is 0 Å². The Hall–Kier alpha value is -3.75. The van der Waals surface area contributed by atoms with E-state index in [1.807, 2.05) is 12.1 Å². The van der Waals surface area contributed by atoms with Crippen LogP contribution in [0.2, 0.25) is 0 Å². The summed E-state index contributed by atoms with van der Waals surface area (Å²) in [7, 11) is 0. The van der Waals surface area contributed by atoms with E-state index in [2.05, 4.69) is 20.4 Å². The highest BCUT2D eigenvalue weighted by molar-refractivity contribution is 5.91. The monoisotopic (exact) mass is 392 g/mol. The molecule has 0 saturated carbocycles. The highest BCUT2D eigenvalue weighted by Gasteiger charge is 2.27. The zero-order chi connectivity index (χ0) is 20.2. The molecule has 0 atom stereocenters. The second-order valence-corrected chi connectivity index (χ2v) is 6.80. The number of likely N-dealkylation sites (tertiary alicyclic amines) is 1. The van der Waals surface area contributed by atoms with Crippen LogP contribution in [0.1, 0.15) is 34.7 Å². The van der Waals surface area contributed by atoms with Crippen molar-refractivity contribution < 1.29 is 14.7 Å². The molecule has 0 unspecified atom stereocenters. The Labute approximate surface area is 167 Å². The predicted molar refractivity (Wildman–Crippen MR) is 105 cm³/mol. The van der Waals surface area contributed by atoms with Crippen molar-refractivity contribution in [2.75, 3.05) is 18.4 Å². The van der Waals surface area contributed by atoms with Crippen molar-refractivity contribution in [3.05, 3.63) is 66.4 Å². The minimum absolute atomic E-state index is 0.121.